The van der Waals surface area contributed by atoms with E-state index in [0.29, 0.717) is 20.8 Å². The number of rotatable bonds is 8. The number of thioether (sulfide) groups is 1. The number of aromatic nitrogens is 5. The number of esters is 3. The largest absolute Gasteiger partial charge is 0.463 e. The van der Waals surface area contributed by atoms with Crippen LogP contribution in [0, 0.1) is 11.3 Å². The normalized spacial score (nSPS) is 22.2. The molecule has 17 heteroatoms. The second-order valence-corrected chi connectivity index (χ2v) is 11.2. The Bertz CT molecular complexity index is 1520. The third-order valence-corrected chi connectivity index (χ3v) is 7.84. The van der Waals surface area contributed by atoms with E-state index in [9.17, 15) is 24.4 Å². The van der Waals surface area contributed by atoms with Crippen molar-refractivity contribution in [2.45, 2.75) is 55.5 Å². The number of nitrogens with one attached hydrogen (secondary N) is 1. The number of carbonyl (C=O) groups excluding carboxylic acids is 3. The standard InChI is InChI=1S/C23H21BrN6O8S2/c1-10(31)35-8-18-20(36-11(2)32)19(30-7-16(28-29-30)17-9-39-23(34)27-17)21(37-12(3)33)22(38-18)40-13-4-14(24)15(5-25)26-6-13/h4,6-7,9,18-22H,8H2,1-3H3,(H,27,34)/t18?,19?,20-,21-,22+/m0/s1. The van der Waals surface area contributed by atoms with Crippen LogP contribution < -0.4 is 4.87 Å². The first kappa shape index (κ1) is 29.4. The summed E-state index contributed by atoms with van der Waals surface area (Å²) < 4.78 is 24.6. The molecule has 3 aromatic heterocycles. The Morgan fingerprint density at radius 3 is 2.55 bits per heavy atom. The molecule has 0 radical (unpaired) electrons. The van der Waals surface area contributed by atoms with Gasteiger partial charge in [0.05, 0.1) is 16.4 Å². The maximum Gasteiger partial charge on any atom is 0.304 e. The molecule has 5 atom stereocenters. The summed E-state index contributed by atoms with van der Waals surface area (Å²) in [7, 11) is 0. The van der Waals surface area contributed by atoms with Gasteiger partial charge in [-0.05, 0) is 22.0 Å². The Kier molecular flexibility index (Phi) is 9.35. The number of aromatic amines is 1. The molecule has 1 aliphatic heterocycles. The Morgan fingerprint density at radius 2 is 1.95 bits per heavy atom. The zero-order valence-corrected chi connectivity index (χ0v) is 24.3. The first-order chi connectivity index (χ1) is 19.0. The molecule has 1 aliphatic rings. The van der Waals surface area contributed by atoms with E-state index in [2.05, 4.69) is 36.2 Å². The van der Waals surface area contributed by atoms with Crippen LogP contribution in [-0.2, 0) is 33.3 Å². The van der Waals surface area contributed by atoms with Crippen molar-refractivity contribution in [2.24, 2.45) is 0 Å². The Labute approximate surface area is 243 Å². The number of carbonyl (C=O) groups is 3. The van der Waals surface area contributed by atoms with Gasteiger partial charge in [-0.2, -0.15) is 5.26 Å². The van der Waals surface area contributed by atoms with Gasteiger partial charge >= 0.3 is 22.8 Å². The SMILES string of the molecule is CC(=O)OCC1O[C@H](Sc2cnc(C#N)c(Br)c2)[C@@H](OC(C)=O)C(n2cc(-c3csc(=O)[nH]3)nn2)[C@H]1OC(C)=O. The van der Waals surface area contributed by atoms with Gasteiger partial charge in [-0.15, -0.1) is 5.10 Å². The van der Waals surface area contributed by atoms with Crippen LogP contribution in [0.5, 0.6) is 0 Å². The van der Waals surface area contributed by atoms with Gasteiger partial charge < -0.3 is 23.9 Å². The highest BCUT2D eigenvalue weighted by atomic mass is 79.9. The number of hydrogen-bond acceptors (Lipinski definition) is 14. The molecule has 40 heavy (non-hydrogen) atoms. The number of hydrogen-bond donors (Lipinski definition) is 1. The highest BCUT2D eigenvalue weighted by Gasteiger charge is 2.52. The lowest BCUT2D eigenvalue weighted by Crippen LogP contribution is -2.57. The minimum atomic E-state index is -1.14. The number of H-pyrrole nitrogens is 1. The van der Waals surface area contributed by atoms with Crippen molar-refractivity contribution < 1.29 is 33.3 Å². The van der Waals surface area contributed by atoms with Crippen LogP contribution >= 0.6 is 39.0 Å². The first-order valence-electron chi connectivity index (χ1n) is 11.5. The molecule has 1 fully saturated rings. The fraction of sp³-hybridized carbons (Fsp3) is 0.391. The molecule has 0 aliphatic carbocycles. The van der Waals surface area contributed by atoms with Crippen LogP contribution in [0.3, 0.4) is 0 Å². The van der Waals surface area contributed by atoms with Crippen LogP contribution in [-0.4, -0.2) is 73.2 Å². The molecule has 4 rings (SSSR count). The van der Waals surface area contributed by atoms with Crippen molar-refractivity contribution in [2.75, 3.05) is 6.61 Å². The topological polar surface area (TPSA) is 188 Å². The van der Waals surface area contributed by atoms with Crippen LogP contribution in [0.15, 0.2) is 38.0 Å². The summed E-state index contributed by atoms with van der Waals surface area (Å²) in [6, 6.07) is 2.61. The summed E-state index contributed by atoms with van der Waals surface area (Å²) in [5.74, 6) is -1.90. The molecule has 0 saturated carbocycles. The molecule has 0 spiro atoms. The van der Waals surface area contributed by atoms with Gasteiger partial charge in [-0.25, -0.2) is 9.67 Å². The Balaban J connectivity index is 1.80. The van der Waals surface area contributed by atoms with Gasteiger partial charge in [0.2, 0.25) is 0 Å². The van der Waals surface area contributed by atoms with Crippen LogP contribution in [0.2, 0.25) is 0 Å². The maximum atomic E-state index is 12.3. The van der Waals surface area contributed by atoms with E-state index in [4.69, 9.17) is 18.9 Å². The summed E-state index contributed by atoms with van der Waals surface area (Å²) in [5, 5.41) is 19.1. The van der Waals surface area contributed by atoms with E-state index < -0.39 is 47.7 Å². The fourth-order valence-corrected chi connectivity index (χ4v) is 6.21. The fourth-order valence-electron chi connectivity index (χ4n) is 3.93. The number of pyridine rings is 1. The lowest BCUT2D eigenvalue weighted by Gasteiger charge is -2.44. The highest BCUT2D eigenvalue weighted by molar-refractivity contribution is 9.10. The minimum absolute atomic E-state index is 0.174. The molecule has 14 nitrogen and oxygen atoms in total. The molecule has 2 unspecified atom stereocenters. The van der Waals surface area contributed by atoms with Gasteiger partial charge in [0.25, 0.3) is 0 Å². The molecule has 1 N–H and O–H groups in total. The second-order valence-electron chi connectivity index (χ2n) is 8.36. The summed E-state index contributed by atoms with van der Waals surface area (Å²) >= 11 is 5.38. The Hall–Kier alpha value is -3.59. The van der Waals surface area contributed by atoms with E-state index in [1.54, 1.807) is 11.4 Å². The summed E-state index contributed by atoms with van der Waals surface area (Å²) in [5.41, 5.74) is -0.0460. The monoisotopic (exact) mass is 652 g/mol. The van der Waals surface area contributed by atoms with Gasteiger partial charge in [0.1, 0.15) is 36.0 Å². The van der Waals surface area contributed by atoms with E-state index in [-0.39, 0.29) is 17.2 Å². The highest BCUT2D eigenvalue weighted by Crippen LogP contribution is 2.41. The van der Waals surface area contributed by atoms with E-state index in [1.165, 1.54) is 37.8 Å². The zero-order chi connectivity index (χ0) is 29.0. The van der Waals surface area contributed by atoms with Gasteiger partial charge in [-0.3, -0.25) is 19.2 Å². The third kappa shape index (κ3) is 6.94. The molecular weight excluding hydrogens is 632 g/mol. The number of nitriles is 1. The Morgan fingerprint density at radius 1 is 1.23 bits per heavy atom. The number of halogens is 1. The zero-order valence-electron chi connectivity index (χ0n) is 21.1. The number of thiazole rings is 1. The van der Waals surface area contributed by atoms with Gasteiger partial charge in [-0.1, -0.05) is 28.3 Å². The quantitative estimate of drug-likeness (QED) is 0.276. The average molecular weight is 653 g/mol. The predicted octanol–water partition coefficient (Wildman–Crippen LogP) is 2.21. The molecule has 210 valence electrons. The summed E-state index contributed by atoms with van der Waals surface area (Å²) in [6.07, 6.45) is -0.293. The van der Waals surface area contributed by atoms with Crippen molar-refractivity contribution in [1.29, 1.82) is 5.26 Å². The molecular formula is C23H21BrN6O8S2. The number of nitrogens with zero attached hydrogens (tertiary/aromatic N) is 5. The minimum Gasteiger partial charge on any atom is -0.463 e. The molecule has 0 bridgehead atoms. The van der Waals surface area contributed by atoms with Crippen LogP contribution in [0.4, 0.5) is 0 Å². The summed E-state index contributed by atoms with van der Waals surface area (Å²) in [4.78, 5) is 54.8. The molecule has 0 amide bonds. The van der Waals surface area contributed by atoms with Crippen molar-refractivity contribution in [3.8, 4) is 17.5 Å². The smallest absolute Gasteiger partial charge is 0.304 e. The predicted molar refractivity (Wildman–Crippen MR) is 142 cm³/mol. The maximum absolute atomic E-state index is 12.3. The molecule has 3 aromatic rings. The number of ether oxygens (including phenoxy) is 4. The van der Waals surface area contributed by atoms with Crippen molar-refractivity contribution in [3.05, 3.63) is 43.7 Å². The average Bonchev–Trinajstić information content (AvgIpc) is 3.53. The van der Waals surface area contributed by atoms with Gasteiger partial charge in [0.15, 0.2) is 17.9 Å². The third-order valence-electron chi connectivity index (χ3n) is 5.46. The van der Waals surface area contributed by atoms with Crippen molar-refractivity contribution in [3.63, 3.8) is 0 Å². The lowest BCUT2D eigenvalue weighted by molar-refractivity contribution is -0.212. The van der Waals surface area contributed by atoms with Crippen LogP contribution in [0.25, 0.3) is 11.4 Å². The molecule has 1 saturated heterocycles. The van der Waals surface area contributed by atoms with Gasteiger partial charge in [0, 0.05) is 37.2 Å². The van der Waals surface area contributed by atoms with Crippen molar-refractivity contribution in [1.82, 2.24) is 25.0 Å². The first-order valence-corrected chi connectivity index (χ1v) is 14.1. The van der Waals surface area contributed by atoms with E-state index in [1.807, 2.05) is 6.07 Å². The molecule has 4 heterocycles. The summed E-state index contributed by atoms with van der Waals surface area (Å²) in [6.45, 7) is 3.35. The van der Waals surface area contributed by atoms with Crippen molar-refractivity contribution >= 4 is 56.9 Å². The second kappa shape index (κ2) is 12.7. The lowest BCUT2D eigenvalue weighted by atomic mass is 9.96. The van der Waals surface area contributed by atoms with E-state index in [0.717, 1.165) is 23.1 Å². The van der Waals surface area contributed by atoms with Crippen LogP contribution in [0.1, 0.15) is 32.5 Å². The van der Waals surface area contributed by atoms with E-state index >= 15 is 0 Å². The molecule has 0 aromatic carbocycles.